The monoisotopic (exact) mass is 346 g/mol. The van der Waals surface area contributed by atoms with Crippen molar-refractivity contribution < 1.29 is 4.74 Å². The van der Waals surface area contributed by atoms with Gasteiger partial charge in [-0.2, -0.15) is 0 Å². The Morgan fingerprint density at radius 3 is 2.43 bits per heavy atom. The Hall–Kier alpha value is -0.500. The van der Waals surface area contributed by atoms with Gasteiger partial charge in [0.1, 0.15) is 5.75 Å². The van der Waals surface area contributed by atoms with Gasteiger partial charge in [0.25, 0.3) is 0 Å². The predicted octanol–water partition coefficient (Wildman–Crippen LogP) is 5.13. The average Bonchev–Trinajstić information content (AvgIpc) is 2.93. The first kappa shape index (κ1) is 13.0. The molecule has 1 unspecified atom stereocenters. The molecule has 4 aliphatic carbocycles. The fraction of sp³-hybridized carbons (Fsp3) is 0.684. The summed E-state index contributed by atoms with van der Waals surface area (Å²) in [5.74, 6) is 6.08. The Labute approximate surface area is 135 Å². The second kappa shape index (κ2) is 4.75. The maximum absolute atomic E-state index is 5.66. The molecule has 0 spiro atoms. The number of fused-ring (bicyclic) bond motifs is 1. The molecular formula is C19H23BrO. The van der Waals surface area contributed by atoms with Gasteiger partial charge in [-0.25, -0.2) is 0 Å². The molecule has 0 N–H and O–H groups in total. The summed E-state index contributed by atoms with van der Waals surface area (Å²) in [5, 5.41) is 0. The lowest BCUT2D eigenvalue weighted by atomic mass is 9.51. The first-order valence-electron chi connectivity index (χ1n) is 8.67. The van der Waals surface area contributed by atoms with Gasteiger partial charge in [0.2, 0.25) is 0 Å². The largest absolute Gasteiger partial charge is 0.493 e. The van der Waals surface area contributed by atoms with Gasteiger partial charge in [0, 0.05) is 11.2 Å². The van der Waals surface area contributed by atoms with E-state index in [2.05, 4.69) is 34.1 Å². The lowest BCUT2D eigenvalue weighted by Gasteiger charge is -2.55. The molecule has 4 bridgehead atoms. The first-order valence-corrected chi connectivity index (χ1v) is 9.59. The van der Waals surface area contributed by atoms with E-state index in [1.54, 1.807) is 6.42 Å². The summed E-state index contributed by atoms with van der Waals surface area (Å²) in [5.41, 5.74) is 2.91. The molecule has 0 saturated heterocycles. The van der Waals surface area contributed by atoms with Crippen molar-refractivity contribution in [1.82, 2.24) is 0 Å². The molecule has 0 radical (unpaired) electrons. The van der Waals surface area contributed by atoms with Gasteiger partial charge in [-0.1, -0.05) is 28.1 Å². The molecule has 1 nitrogen and oxygen atoms in total. The molecule has 4 saturated carbocycles. The SMILES string of the molecule is BrC(c1ccc2c(c1)CCO2)C1C2CC3CC(C2)CC1C3. The molecule has 0 aromatic heterocycles. The highest BCUT2D eigenvalue weighted by molar-refractivity contribution is 9.09. The maximum Gasteiger partial charge on any atom is 0.122 e. The zero-order valence-electron chi connectivity index (χ0n) is 12.4. The maximum atomic E-state index is 5.66. The average molecular weight is 347 g/mol. The van der Waals surface area contributed by atoms with Crippen molar-refractivity contribution in [2.75, 3.05) is 6.61 Å². The van der Waals surface area contributed by atoms with E-state index >= 15 is 0 Å². The fourth-order valence-electron chi connectivity index (χ4n) is 6.05. The van der Waals surface area contributed by atoms with Crippen molar-refractivity contribution in [3.8, 4) is 5.75 Å². The Morgan fingerprint density at radius 1 is 1.00 bits per heavy atom. The van der Waals surface area contributed by atoms with Crippen LogP contribution < -0.4 is 4.74 Å². The van der Waals surface area contributed by atoms with Crippen LogP contribution in [0.2, 0.25) is 0 Å². The van der Waals surface area contributed by atoms with Gasteiger partial charge in [-0.3, -0.25) is 0 Å². The van der Waals surface area contributed by atoms with Gasteiger partial charge in [0.15, 0.2) is 0 Å². The highest BCUT2D eigenvalue weighted by Gasteiger charge is 2.50. The number of rotatable bonds is 2. The van der Waals surface area contributed by atoms with Crippen LogP contribution in [0.25, 0.3) is 0 Å². The first-order chi connectivity index (χ1) is 10.3. The second-order valence-corrected chi connectivity index (χ2v) is 8.86. The number of benzene rings is 1. The molecule has 1 heterocycles. The summed E-state index contributed by atoms with van der Waals surface area (Å²) in [6.07, 6.45) is 8.66. The molecule has 1 aromatic rings. The van der Waals surface area contributed by atoms with Crippen LogP contribution in [0.5, 0.6) is 5.75 Å². The van der Waals surface area contributed by atoms with Crippen molar-refractivity contribution in [1.29, 1.82) is 0 Å². The van der Waals surface area contributed by atoms with E-state index in [0.717, 1.165) is 48.4 Å². The van der Waals surface area contributed by atoms with Gasteiger partial charge in [-0.05, 0) is 78.9 Å². The Morgan fingerprint density at radius 2 is 1.71 bits per heavy atom. The molecule has 1 aliphatic heterocycles. The van der Waals surface area contributed by atoms with Gasteiger partial charge in [0.05, 0.1) is 6.61 Å². The van der Waals surface area contributed by atoms with E-state index in [9.17, 15) is 0 Å². The third-order valence-electron chi connectivity index (χ3n) is 6.67. The Bertz CT molecular complexity index is 539. The summed E-state index contributed by atoms with van der Waals surface area (Å²) in [6.45, 7) is 0.865. The molecule has 1 aromatic carbocycles. The molecule has 4 fully saturated rings. The minimum atomic E-state index is 0.554. The zero-order chi connectivity index (χ0) is 14.0. The number of hydrogen-bond donors (Lipinski definition) is 0. The summed E-state index contributed by atoms with van der Waals surface area (Å²) in [6, 6.07) is 6.91. The minimum Gasteiger partial charge on any atom is -0.493 e. The number of hydrogen-bond acceptors (Lipinski definition) is 1. The van der Waals surface area contributed by atoms with Crippen molar-refractivity contribution >= 4 is 15.9 Å². The van der Waals surface area contributed by atoms with Crippen molar-refractivity contribution in [3.05, 3.63) is 29.3 Å². The molecule has 6 rings (SSSR count). The van der Waals surface area contributed by atoms with Crippen molar-refractivity contribution in [2.24, 2.45) is 29.6 Å². The van der Waals surface area contributed by atoms with E-state index < -0.39 is 0 Å². The molecule has 112 valence electrons. The Balaban J connectivity index is 1.44. The van der Waals surface area contributed by atoms with Gasteiger partial charge in [-0.15, -0.1) is 0 Å². The van der Waals surface area contributed by atoms with Crippen LogP contribution in [0, 0.1) is 29.6 Å². The second-order valence-electron chi connectivity index (χ2n) is 7.88. The van der Waals surface area contributed by atoms with Crippen LogP contribution in [0.4, 0.5) is 0 Å². The van der Waals surface area contributed by atoms with Gasteiger partial charge < -0.3 is 4.74 Å². The number of halogens is 1. The molecule has 1 atom stereocenters. The lowest BCUT2D eigenvalue weighted by Crippen LogP contribution is -2.46. The number of alkyl halides is 1. The van der Waals surface area contributed by atoms with E-state index in [1.807, 2.05) is 0 Å². The smallest absolute Gasteiger partial charge is 0.122 e. The van der Waals surface area contributed by atoms with Gasteiger partial charge >= 0.3 is 0 Å². The van der Waals surface area contributed by atoms with E-state index in [1.165, 1.54) is 36.8 Å². The minimum absolute atomic E-state index is 0.554. The molecule has 2 heteroatoms. The van der Waals surface area contributed by atoms with Crippen LogP contribution in [0.1, 0.15) is 48.1 Å². The molecule has 5 aliphatic rings. The van der Waals surface area contributed by atoms with Crippen molar-refractivity contribution in [2.45, 2.75) is 43.4 Å². The molecule has 21 heavy (non-hydrogen) atoms. The predicted molar refractivity (Wildman–Crippen MR) is 87.8 cm³/mol. The highest BCUT2D eigenvalue weighted by Crippen LogP contribution is 2.60. The summed E-state index contributed by atoms with van der Waals surface area (Å²) < 4.78 is 5.66. The number of ether oxygens (including phenoxy) is 1. The van der Waals surface area contributed by atoms with Crippen LogP contribution in [-0.2, 0) is 6.42 Å². The normalized spacial score (nSPS) is 40.9. The third-order valence-corrected chi connectivity index (χ3v) is 7.81. The standard InChI is InChI=1S/C19H23BrO/c20-19(14-1-2-17-13(10-14)3-4-21-17)18-15-6-11-5-12(8-15)9-16(18)7-11/h1-2,10-12,15-16,18-19H,3-9H2. The topological polar surface area (TPSA) is 9.23 Å². The van der Waals surface area contributed by atoms with E-state index in [0.29, 0.717) is 4.83 Å². The van der Waals surface area contributed by atoms with Crippen LogP contribution in [0.3, 0.4) is 0 Å². The summed E-state index contributed by atoms with van der Waals surface area (Å²) in [7, 11) is 0. The fourth-order valence-corrected chi connectivity index (χ4v) is 7.19. The van der Waals surface area contributed by atoms with Crippen molar-refractivity contribution in [3.63, 3.8) is 0 Å². The van der Waals surface area contributed by atoms with E-state index in [4.69, 9.17) is 4.74 Å². The third kappa shape index (κ3) is 2.01. The Kier molecular flexibility index (Phi) is 2.93. The summed E-state index contributed by atoms with van der Waals surface area (Å²) in [4.78, 5) is 0.554. The van der Waals surface area contributed by atoms with E-state index in [-0.39, 0.29) is 0 Å². The van der Waals surface area contributed by atoms with Crippen LogP contribution >= 0.6 is 15.9 Å². The summed E-state index contributed by atoms with van der Waals surface area (Å²) >= 11 is 4.11. The van der Waals surface area contributed by atoms with Crippen LogP contribution in [0.15, 0.2) is 18.2 Å². The zero-order valence-corrected chi connectivity index (χ0v) is 14.0. The molecular weight excluding hydrogens is 324 g/mol. The lowest BCUT2D eigenvalue weighted by molar-refractivity contribution is -0.0364. The highest BCUT2D eigenvalue weighted by atomic mass is 79.9. The van der Waals surface area contributed by atoms with Crippen LogP contribution in [-0.4, -0.2) is 6.61 Å². The quantitative estimate of drug-likeness (QED) is 0.674. The molecule has 0 amide bonds.